The van der Waals surface area contributed by atoms with Crippen LogP contribution < -0.4 is 11.1 Å². The van der Waals surface area contributed by atoms with Crippen molar-refractivity contribution in [2.75, 3.05) is 11.1 Å². The van der Waals surface area contributed by atoms with Gasteiger partial charge in [0.1, 0.15) is 6.54 Å². The highest BCUT2D eigenvalue weighted by Crippen LogP contribution is 2.21. The minimum Gasteiger partial charge on any atom is -0.398 e. The van der Waals surface area contributed by atoms with E-state index >= 15 is 0 Å². The zero-order valence-electron chi connectivity index (χ0n) is 11.9. The van der Waals surface area contributed by atoms with Crippen molar-refractivity contribution in [2.24, 2.45) is 0 Å². The van der Waals surface area contributed by atoms with E-state index in [0.29, 0.717) is 11.5 Å². The Balaban J connectivity index is 1.83. The summed E-state index contributed by atoms with van der Waals surface area (Å²) in [7, 11) is 0. The Kier molecular flexibility index (Phi) is 3.34. The highest BCUT2D eigenvalue weighted by Gasteiger charge is 2.12. The summed E-state index contributed by atoms with van der Waals surface area (Å²) in [6.07, 6.45) is 3.17. The maximum Gasteiger partial charge on any atom is 0.252 e. The van der Waals surface area contributed by atoms with Crippen molar-refractivity contribution < 1.29 is 9.59 Å². The summed E-state index contributed by atoms with van der Waals surface area (Å²) in [5.41, 5.74) is 7.25. The molecule has 0 fully saturated rings. The van der Waals surface area contributed by atoms with E-state index in [4.69, 9.17) is 5.73 Å². The van der Waals surface area contributed by atoms with E-state index in [9.17, 15) is 9.59 Å². The fourth-order valence-electron chi connectivity index (χ4n) is 2.24. The maximum absolute atomic E-state index is 12.4. The van der Waals surface area contributed by atoms with Crippen molar-refractivity contribution in [1.29, 1.82) is 0 Å². The number of fused-ring (bicyclic) bond motifs is 1. The molecule has 8 nitrogen and oxygen atoms in total. The number of nitrogens with two attached hydrogens (primary N) is 1. The van der Waals surface area contributed by atoms with Gasteiger partial charge in [0.15, 0.2) is 5.82 Å². The van der Waals surface area contributed by atoms with Crippen LogP contribution in [0.3, 0.4) is 0 Å². The maximum atomic E-state index is 12.4. The van der Waals surface area contributed by atoms with Gasteiger partial charge in [0.25, 0.3) is 5.91 Å². The van der Waals surface area contributed by atoms with Crippen molar-refractivity contribution in [1.82, 2.24) is 19.6 Å². The second kappa shape index (κ2) is 5.32. The first-order chi connectivity index (χ1) is 10.5. The Bertz CT molecular complexity index is 863. The van der Waals surface area contributed by atoms with Crippen LogP contribution in [-0.4, -0.2) is 31.4 Å². The van der Waals surface area contributed by atoms with Crippen molar-refractivity contribution in [3.8, 4) is 0 Å². The van der Waals surface area contributed by atoms with Gasteiger partial charge in [-0.1, -0.05) is 11.3 Å². The first-order valence-electron chi connectivity index (χ1n) is 6.61. The molecular formula is C14H14N6O2. The molecule has 0 atom stereocenters. The van der Waals surface area contributed by atoms with Crippen LogP contribution in [0.5, 0.6) is 0 Å². The third-order valence-electron chi connectivity index (χ3n) is 3.18. The predicted octanol–water partition coefficient (Wildman–Crippen LogP) is 1.11. The summed E-state index contributed by atoms with van der Waals surface area (Å²) < 4.78 is 2.89. The molecule has 3 N–H and O–H groups in total. The summed E-state index contributed by atoms with van der Waals surface area (Å²) in [4.78, 5) is 23.3. The van der Waals surface area contributed by atoms with Crippen LogP contribution in [0.2, 0.25) is 0 Å². The largest absolute Gasteiger partial charge is 0.398 e. The van der Waals surface area contributed by atoms with Crippen LogP contribution in [-0.2, 0) is 11.3 Å². The first kappa shape index (κ1) is 13.8. The van der Waals surface area contributed by atoms with Crippen LogP contribution in [0.1, 0.15) is 11.7 Å². The summed E-state index contributed by atoms with van der Waals surface area (Å²) in [6.45, 7) is 1.38. The van der Waals surface area contributed by atoms with E-state index in [-0.39, 0.29) is 18.4 Å². The smallest absolute Gasteiger partial charge is 0.252 e. The van der Waals surface area contributed by atoms with Crippen LogP contribution in [0.25, 0.3) is 10.9 Å². The molecule has 0 aliphatic carbocycles. The Labute approximate surface area is 125 Å². The molecule has 1 amide bonds. The Morgan fingerprint density at radius 3 is 2.91 bits per heavy atom. The van der Waals surface area contributed by atoms with Gasteiger partial charge in [0.2, 0.25) is 5.91 Å². The van der Waals surface area contributed by atoms with Gasteiger partial charge in [0.05, 0.1) is 11.7 Å². The zero-order valence-corrected chi connectivity index (χ0v) is 11.9. The lowest BCUT2D eigenvalue weighted by Gasteiger charge is -2.04. The molecule has 0 saturated carbocycles. The zero-order chi connectivity index (χ0) is 15.7. The van der Waals surface area contributed by atoms with Gasteiger partial charge in [-0.3, -0.25) is 14.2 Å². The molecule has 0 aliphatic rings. The molecule has 2 aromatic heterocycles. The van der Waals surface area contributed by atoms with Crippen LogP contribution in [0.4, 0.5) is 11.5 Å². The summed E-state index contributed by atoms with van der Waals surface area (Å²) in [5.74, 6) is -0.118. The number of nitrogens with one attached hydrogen (secondary N) is 1. The molecule has 8 heteroatoms. The second-order valence-corrected chi connectivity index (χ2v) is 4.84. The second-order valence-electron chi connectivity index (χ2n) is 4.84. The Hall–Kier alpha value is -3.16. The van der Waals surface area contributed by atoms with Gasteiger partial charge in [-0.15, -0.1) is 5.10 Å². The molecule has 22 heavy (non-hydrogen) atoms. The summed E-state index contributed by atoms with van der Waals surface area (Å²) in [5, 5.41) is 10.9. The summed E-state index contributed by atoms with van der Waals surface area (Å²) in [6, 6.07) is 7.21. The Morgan fingerprint density at radius 2 is 2.14 bits per heavy atom. The fraction of sp³-hybridized carbons (Fsp3) is 0.143. The average molecular weight is 298 g/mol. The van der Waals surface area contributed by atoms with Crippen LogP contribution in [0.15, 0.2) is 36.7 Å². The molecule has 0 saturated heterocycles. The molecule has 1 aromatic carbocycles. The average Bonchev–Trinajstić information content (AvgIpc) is 3.05. The standard InChI is InChI=1S/C14H14N6O2/c1-9(21)16-13-7-19(18-17-13)8-14(22)20-6-5-10-11(15)3-2-4-12(10)20/h2-7H,8,15H2,1H3,(H,16,21). The first-order valence-corrected chi connectivity index (χ1v) is 6.61. The lowest BCUT2D eigenvalue weighted by Crippen LogP contribution is -2.17. The molecule has 112 valence electrons. The van der Waals surface area contributed by atoms with E-state index in [0.717, 1.165) is 10.9 Å². The van der Waals surface area contributed by atoms with Gasteiger partial charge in [-0.05, 0) is 18.2 Å². The molecule has 0 spiro atoms. The molecule has 0 radical (unpaired) electrons. The number of carbonyl (C=O) groups excluding carboxylic acids is 2. The normalized spacial score (nSPS) is 10.8. The molecule has 3 aromatic rings. The van der Waals surface area contributed by atoms with Crippen molar-refractivity contribution in [3.63, 3.8) is 0 Å². The lowest BCUT2D eigenvalue weighted by molar-refractivity contribution is -0.114. The number of amides is 1. The topological polar surface area (TPSA) is 108 Å². The number of anilines is 2. The third kappa shape index (κ3) is 2.53. The van der Waals surface area contributed by atoms with E-state index in [1.807, 2.05) is 6.07 Å². The number of carbonyl (C=O) groups is 2. The number of hydrogen-bond donors (Lipinski definition) is 2. The van der Waals surface area contributed by atoms with Crippen molar-refractivity contribution in [3.05, 3.63) is 36.7 Å². The Morgan fingerprint density at radius 1 is 1.32 bits per heavy atom. The number of benzene rings is 1. The van der Waals surface area contributed by atoms with Crippen molar-refractivity contribution in [2.45, 2.75) is 13.5 Å². The molecule has 0 unspecified atom stereocenters. The molecule has 0 bridgehead atoms. The monoisotopic (exact) mass is 298 g/mol. The number of hydrogen-bond acceptors (Lipinski definition) is 5. The van der Waals surface area contributed by atoms with Crippen molar-refractivity contribution >= 4 is 34.2 Å². The van der Waals surface area contributed by atoms with E-state index in [1.54, 1.807) is 24.4 Å². The van der Waals surface area contributed by atoms with Gasteiger partial charge < -0.3 is 11.1 Å². The van der Waals surface area contributed by atoms with Gasteiger partial charge in [-0.2, -0.15) is 0 Å². The van der Waals surface area contributed by atoms with Crippen LogP contribution >= 0.6 is 0 Å². The van der Waals surface area contributed by atoms with Crippen LogP contribution in [0, 0.1) is 0 Å². The predicted molar refractivity (Wildman–Crippen MR) is 81.3 cm³/mol. The number of rotatable bonds is 3. The summed E-state index contributed by atoms with van der Waals surface area (Å²) >= 11 is 0. The molecule has 2 heterocycles. The number of nitrogen functional groups attached to an aromatic ring is 1. The molecule has 3 rings (SSSR count). The quantitative estimate of drug-likeness (QED) is 0.704. The van der Waals surface area contributed by atoms with Gasteiger partial charge in [-0.25, -0.2) is 4.68 Å². The number of nitrogens with zero attached hydrogens (tertiary/aromatic N) is 4. The van der Waals surface area contributed by atoms with Gasteiger partial charge >= 0.3 is 0 Å². The minimum atomic E-state index is -0.245. The highest BCUT2D eigenvalue weighted by molar-refractivity contribution is 5.97. The third-order valence-corrected chi connectivity index (χ3v) is 3.18. The lowest BCUT2D eigenvalue weighted by atomic mass is 10.2. The molecular weight excluding hydrogens is 284 g/mol. The van der Waals surface area contributed by atoms with Gasteiger partial charge in [0, 0.05) is 24.2 Å². The number of aromatic nitrogens is 4. The van der Waals surface area contributed by atoms with E-state index < -0.39 is 0 Å². The van der Waals surface area contributed by atoms with E-state index in [2.05, 4.69) is 15.6 Å². The fourth-order valence-corrected chi connectivity index (χ4v) is 2.24. The SMILES string of the molecule is CC(=O)Nc1cn(CC(=O)n2ccc3c(N)cccc32)nn1. The van der Waals surface area contributed by atoms with E-state index in [1.165, 1.54) is 22.4 Å². The molecule has 0 aliphatic heterocycles. The minimum absolute atomic E-state index is 0.00512. The highest BCUT2D eigenvalue weighted by atomic mass is 16.2.